The van der Waals surface area contributed by atoms with E-state index in [0.29, 0.717) is 0 Å². The van der Waals surface area contributed by atoms with Crippen LogP contribution >= 0.6 is 22.7 Å². The highest BCUT2D eigenvalue weighted by Gasteiger charge is 2.12. The molecular formula is C18H10S2. The lowest BCUT2D eigenvalue weighted by Crippen LogP contribution is -1.70. The zero-order chi connectivity index (χ0) is 13.1. The standard InChI is InChI=1S/C18H10S2/c1-2-6-12-10-16-14(9-11(12)5-1)18-17(20-16)13-7-3-4-8-15(13)19-18/h1-10H. The third-order valence-electron chi connectivity index (χ3n) is 3.85. The second kappa shape index (κ2) is 3.81. The number of hydrogen-bond acceptors (Lipinski definition) is 2. The molecule has 94 valence electrons. The molecule has 0 aliphatic heterocycles. The van der Waals surface area contributed by atoms with Crippen LogP contribution in [-0.4, -0.2) is 0 Å². The molecule has 0 atom stereocenters. The first-order chi connectivity index (χ1) is 9.90. The number of hydrogen-bond donors (Lipinski definition) is 0. The molecule has 2 heterocycles. The second-order valence-corrected chi connectivity index (χ2v) is 7.16. The predicted molar refractivity (Wildman–Crippen MR) is 92.2 cm³/mol. The van der Waals surface area contributed by atoms with Crippen molar-refractivity contribution in [1.29, 1.82) is 0 Å². The number of rotatable bonds is 0. The van der Waals surface area contributed by atoms with Crippen LogP contribution in [0.1, 0.15) is 0 Å². The fraction of sp³-hybridized carbons (Fsp3) is 0. The lowest BCUT2D eigenvalue weighted by atomic mass is 10.1. The van der Waals surface area contributed by atoms with Crippen LogP contribution in [0.3, 0.4) is 0 Å². The van der Waals surface area contributed by atoms with Crippen molar-refractivity contribution in [1.82, 2.24) is 0 Å². The average Bonchev–Trinajstić information content (AvgIpc) is 3.01. The van der Waals surface area contributed by atoms with Crippen molar-refractivity contribution in [3.05, 3.63) is 60.7 Å². The smallest absolute Gasteiger partial charge is 0.0542 e. The molecule has 0 bridgehead atoms. The minimum atomic E-state index is 1.33. The van der Waals surface area contributed by atoms with Crippen molar-refractivity contribution in [3.63, 3.8) is 0 Å². The minimum absolute atomic E-state index is 1.33. The molecule has 2 aromatic heterocycles. The average molecular weight is 290 g/mol. The maximum absolute atomic E-state index is 2.35. The highest BCUT2D eigenvalue weighted by Crippen LogP contribution is 2.44. The van der Waals surface area contributed by atoms with Gasteiger partial charge in [0.1, 0.15) is 0 Å². The topological polar surface area (TPSA) is 0 Å². The Hall–Kier alpha value is -1.90. The Kier molecular flexibility index (Phi) is 2.07. The number of thiophene rings is 2. The summed E-state index contributed by atoms with van der Waals surface area (Å²) in [6, 6.07) is 22.0. The van der Waals surface area contributed by atoms with Gasteiger partial charge in [-0.15, -0.1) is 22.7 Å². The van der Waals surface area contributed by atoms with Crippen LogP contribution in [0.25, 0.3) is 40.3 Å². The molecule has 0 aliphatic rings. The van der Waals surface area contributed by atoms with E-state index in [2.05, 4.69) is 60.7 Å². The molecule has 0 saturated carbocycles. The van der Waals surface area contributed by atoms with E-state index in [1.165, 1.54) is 40.3 Å². The van der Waals surface area contributed by atoms with Gasteiger partial charge in [-0.3, -0.25) is 0 Å². The maximum atomic E-state index is 2.35. The Bertz CT molecular complexity index is 1080. The summed E-state index contributed by atoms with van der Waals surface area (Å²) in [7, 11) is 0. The van der Waals surface area contributed by atoms with Gasteiger partial charge >= 0.3 is 0 Å². The first kappa shape index (κ1) is 10.8. The lowest BCUT2D eigenvalue weighted by Gasteiger charge is -1.97. The van der Waals surface area contributed by atoms with Crippen molar-refractivity contribution in [2.24, 2.45) is 0 Å². The largest absolute Gasteiger partial charge is 0.134 e. The van der Waals surface area contributed by atoms with Crippen LogP contribution in [-0.2, 0) is 0 Å². The van der Waals surface area contributed by atoms with E-state index in [9.17, 15) is 0 Å². The molecule has 0 nitrogen and oxygen atoms in total. The van der Waals surface area contributed by atoms with Crippen molar-refractivity contribution < 1.29 is 0 Å². The monoisotopic (exact) mass is 290 g/mol. The van der Waals surface area contributed by atoms with Gasteiger partial charge in [-0.1, -0.05) is 42.5 Å². The third kappa shape index (κ3) is 1.35. The highest BCUT2D eigenvalue weighted by molar-refractivity contribution is 7.36. The molecule has 0 aliphatic carbocycles. The summed E-state index contributed by atoms with van der Waals surface area (Å²) >= 11 is 3.84. The van der Waals surface area contributed by atoms with Crippen molar-refractivity contribution in [3.8, 4) is 0 Å². The fourth-order valence-electron chi connectivity index (χ4n) is 2.89. The summed E-state index contributed by atoms with van der Waals surface area (Å²) in [5, 5.41) is 5.47. The zero-order valence-electron chi connectivity index (χ0n) is 10.6. The van der Waals surface area contributed by atoms with Crippen LogP contribution in [0.2, 0.25) is 0 Å². The zero-order valence-corrected chi connectivity index (χ0v) is 12.2. The van der Waals surface area contributed by atoms with Gasteiger partial charge in [-0.25, -0.2) is 0 Å². The molecule has 2 heteroatoms. The normalized spacial score (nSPS) is 12.0. The van der Waals surface area contributed by atoms with Gasteiger partial charge in [0.15, 0.2) is 0 Å². The van der Waals surface area contributed by atoms with Gasteiger partial charge in [0.2, 0.25) is 0 Å². The van der Waals surface area contributed by atoms with Crippen LogP contribution in [0, 0.1) is 0 Å². The van der Waals surface area contributed by atoms with E-state index < -0.39 is 0 Å². The fourth-order valence-corrected chi connectivity index (χ4v) is 5.57. The molecule has 5 rings (SSSR count). The molecule has 0 amide bonds. The van der Waals surface area contributed by atoms with Crippen LogP contribution < -0.4 is 0 Å². The Balaban J connectivity index is 2.05. The van der Waals surface area contributed by atoms with E-state index in [0.717, 1.165) is 0 Å². The molecule has 3 aromatic carbocycles. The van der Waals surface area contributed by atoms with Gasteiger partial charge in [-0.2, -0.15) is 0 Å². The van der Waals surface area contributed by atoms with E-state index in [1.807, 2.05) is 22.7 Å². The van der Waals surface area contributed by atoms with E-state index in [-0.39, 0.29) is 0 Å². The first-order valence-electron chi connectivity index (χ1n) is 6.63. The third-order valence-corrected chi connectivity index (χ3v) is 6.37. The Morgan fingerprint density at radius 3 is 2.10 bits per heavy atom. The molecule has 0 radical (unpaired) electrons. The maximum Gasteiger partial charge on any atom is 0.0542 e. The van der Waals surface area contributed by atoms with Crippen molar-refractivity contribution in [2.75, 3.05) is 0 Å². The molecular weight excluding hydrogens is 280 g/mol. The molecule has 5 aromatic rings. The van der Waals surface area contributed by atoms with Crippen LogP contribution in [0.4, 0.5) is 0 Å². The quantitative estimate of drug-likeness (QED) is 0.308. The van der Waals surface area contributed by atoms with Crippen LogP contribution in [0.15, 0.2) is 60.7 Å². The highest BCUT2D eigenvalue weighted by atomic mass is 32.1. The summed E-state index contributed by atoms with van der Waals surface area (Å²) < 4.78 is 5.67. The Morgan fingerprint density at radius 1 is 0.550 bits per heavy atom. The summed E-state index contributed by atoms with van der Waals surface area (Å²) in [6.45, 7) is 0. The summed E-state index contributed by atoms with van der Waals surface area (Å²) in [6.07, 6.45) is 0. The van der Waals surface area contributed by atoms with Gasteiger partial charge < -0.3 is 0 Å². The second-order valence-electron chi connectivity index (χ2n) is 5.05. The summed E-state index contributed by atoms with van der Waals surface area (Å²) in [5.41, 5.74) is 0. The number of benzene rings is 3. The van der Waals surface area contributed by atoms with Gasteiger partial charge in [-0.05, 0) is 29.0 Å². The molecule has 0 unspecified atom stereocenters. The van der Waals surface area contributed by atoms with Crippen molar-refractivity contribution >= 4 is 63.0 Å². The van der Waals surface area contributed by atoms with Gasteiger partial charge in [0.25, 0.3) is 0 Å². The number of fused-ring (bicyclic) bond motifs is 6. The van der Waals surface area contributed by atoms with E-state index in [4.69, 9.17) is 0 Å². The van der Waals surface area contributed by atoms with Crippen molar-refractivity contribution in [2.45, 2.75) is 0 Å². The molecule has 0 N–H and O–H groups in total. The predicted octanol–water partition coefficient (Wildman–Crippen LogP) is 6.42. The Labute approximate surface area is 123 Å². The van der Waals surface area contributed by atoms with Crippen LogP contribution in [0.5, 0.6) is 0 Å². The summed E-state index contributed by atoms with van der Waals surface area (Å²) in [5.74, 6) is 0. The van der Waals surface area contributed by atoms with E-state index >= 15 is 0 Å². The Morgan fingerprint density at radius 2 is 1.20 bits per heavy atom. The minimum Gasteiger partial charge on any atom is -0.134 e. The first-order valence-corrected chi connectivity index (χ1v) is 8.26. The molecule has 0 spiro atoms. The van der Waals surface area contributed by atoms with Gasteiger partial charge in [0.05, 0.1) is 9.40 Å². The molecule has 20 heavy (non-hydrogen) atoms. The molecule has 0 fully saturated rings. The van der Waals surface area contributed by atoms with E-state index in [1.54, 1.807) is 0 Å². The SMILES string of the molecule is c1ccc2cc3c(cc2c1)sc1c2ccccc2sc31. The lowest BCUT2D eigenvalue weighted by molar-refractivity contribution is 1.82. The van der Waals surface area contributed by atoms with Gasteiger partial charge in [0, 0.05) is 20.2 Å². The molecule has 0 saturated heterocycles. The summed E-state index contributed by atoms with van der Waals surface area (Å²) in [4.78, 5) is 0.